The van der Waals surface area contributed by atoms with Gasteiger partial charge in [-0.1, -0.05) is 18.1 Å². The summed E-state index contributed by atoms with van der Waals surface area (Å²) in [5.74, 6) is -0.158. The smallest absolute Gasteiger partial charge is 0.242 e. The van der Waals surface area contributed by atoms with Crippen molar-refractivity contribution >= 4 is 5.91 Å². The molecule has 0 radical (unpaired) electrons. The minimum absolute atomic E-state index is 0.107. The topological polar surface area (TPSA) is 106 Å². The van der Waals surface area contributed by atoms with E-state index >= 15 is 0 Å². The van der Waals surface area contributed by atoms with Crippen molar-refractivity contribution in [3.05, 3.63) is 11.9 Å². The number of amides is 1. The van der Waals surface area contributed by atoms with Crippen molar-refractivity contribution in [2.45, 2.75) is 50.9 Å². The van der Waals surface area contributed by atoms with Crippen LogP contribution in [0.5, 0.6) is 0 Å². The number of aliphatic hydroxyl groups excluding tert-OH is 1. The van der Waals surface area contributed by atoms with E-state index in [2.05, 4.69) is 15.6 Å². The molecule has 0 aliphatic heterocycles. The summed E-state index contributed by atoms with van der Waals surface area (Å²) in [5.41, 5.74) is 6.07. The molecular formula is C11H19N5O2. The zero-order chi connectivity index (χ0) is 13.0. The maximum atomic E-state index is 11.8. The van der Waals surface area contributed by atoms with Crippen LogP contribution in [0.3, 0.4) is 0 Å². The predicted molar refractivity (Wildman–Crippen MR) is 64.3 cm³/mol. The number of nitrogens with one attached hydrogen (secondary N) is 1. The molecular weight excluding hydrogens is 234 g/mol. The summed E-state index contributed by atoms with van der Waals surface area (Å²) in [6, 6.07) is -0.135. The molecule has 0 bridgehead atoms. The van der Waals surface area contributed by atoms with Gasteiger partial charge in [0.1, 0.15) is 6.54 Å². The van der Waals surface area contributed by atoms with E-state index in [1.165, 1.54) is 4.68 Å². The van der Waals surface area contributed by atoms with Crippen LogP contribution in [0.4, 0.5) is 0 Å². The highest BCUT2D eigenvalue weighted by Crippen LogP contribution is 2.18. The number of aliphatic hydroxyl groups is 1. The van der Waals surface area contributed by atoms with Crippen molar-refractivity contribution in [1.82, 2.24) is 20.3 Å². The first-order valence-corrected chi connectivity index (χ1v) is 6.25. The standard InChI is InChI=1S/C11H19N5O2/c12-5-8-6-16(15-14-8)7-11(18)13-9-3-1-2-4-10(9)17/h6,9-10,17H,1-5,7,12H2,(H,13,18)/t9-,10-/m1/s1. The molecule has 7 nitrogen and oxygen atoms in total. The molecule has 1 fully saturated rings. The normalized spacial score (nSPS) is 23.9. The van der Waals surface area contributed by atoms with Gasteiger partial charge in [0.2, 0.25) is 5.91 Å². The fourth-order valence-corrected chi connectivity index (χ4v) is 2.19. The van der Waals surface area contributed by atoms with Crippen molar-refractivity contribution < 1.29 is 9.90 Å². The van der Waals surface area contributed by atoms with Crippen LogP contribution in [-0.2, 0) is 17.9 Å². The quantitative estimate of drug-likeness (QED) is 0.648. The molecule has 18 heavy (non-hydrogen) atoms. The number of nitrogens with two attached hydrogens (primary N) is 1. The van der Waals surface area contributed by atoms with Gasteiger partial charge in [0.05, 0.1) is 24.0 Å². The van der Waals surface area contributed by atoms with E-state index in [0.29, 0.717) is 12.2 Å². The van der Waals surface area contributed by atoms with E-state index in [1.807, 2.05) is 0 Å². The fraction of sp³-hybridized carbons (Fsp3) is 0.727. The van der Waals surface area contributed by atoms with Gasteiger partial charge in [0.15, 0.2) is 0 Å². The molecule has 1 amide bonds. The van der Waals surface area contributed by atoms with Gasteiger partial charge in [0, 0.05) is 6.54 Å². The number of carbonyl (C=O) groups is 1. The molecule has 1 heterocycles. The van der Waals surface area contributed by atoms with Crippen LogP contribution < -0.4 is 11.1 Å². The van der Waals surface area contributed by atoms with E-state index in [0.717, 1.165) is 25.7 Å². The van der Waals surface area contributed by atoms with Crippen LogP contribution in [0.15, 0.2) is 6.20 Å². The average molecular weight is 253 g/mol. The number of aromatic nitrogens is 3. The molecule has 2 rings (SSSR count). The lowest BCUT2D eigenvalue weighted by Crippen LogP contribution is -2.46. The summed E-state index contributed by atoms with van der Waals surface area (Å²) in [7, 11) is 0. The largest absolute Gasteiger partial charge is 0.391 e. The van der Waals surface area contributed by atoms with E-state index < -0.39 is 6.10 Å². The van der Waals surface area contributed by atoms with Crippen LogP contribution in [-0.4, -0.2) is 38.2 Å². The van der Waals surface area contributed by atoms with Crippen LogP contribution in [0.2, 0.25) is 0 Å². The van der Waals surface area contributed by atoms with Gasteiger partial charge >= 0.3 is 0 Å². The minimum Gasteiger partial charge on any atom is -0.391 e. The molecule has 4 N–H and O–H groups in total. The Morgan fingerprint density at radius 1 is 1.56 bits per heavy atom. The lowest BCUT2D eigenvalue weighted by molar-refractivity contribution is -0.123. The minimum atomic E-state index is -0.432. The van der Waals surface area contributed by atoms with Crippen LogP contribution in [0.25, 0.3) is 0 Å². The third-order valence-electron chi connectivity index (χ3n) is 3.18. The molecule has 1 saturated carbocycles. The number of hydrogen-bond acceptors (Lipinski definition) is 5. The zero-order valence-electron chi connectivity index (χ0n) is 10.2. The second-order valence-corrected chi connectivity index (χ2v) is 4.64. The number of carbonyl (C=O) groups excluding carboxylic acids is 1. The van der Waals surface area contributed by atoms with Gasteiger partial charge < -0.3 is 16.2 Å². The highest BCUT2D eigenvalue weighted by atomic mass is 16.3. The Bertz CT molecular complexity index is 406. The van der Waals surface area contributed by atoms with Crippen molar-refractivity contribution in [2.24, 2.45) is 5.73 Å². The Morgan fingerprint density at radius 2 is 2.33 bits per heavy atom. The summed E-state index contributed by atoms with van der Waals surface area (Å²) in [6.45, 7) is 0.416. The van der Waals surface area contributed by atoms with Gasteiger partial charge in [0.25, 0.3) is 0 Å². The molecule has 7 heteroatoms. The predicted octanol–water partition coefficient (Wildman–Crippen LogP) is -0.843. The zero-order valence-corrected chi connectivity index (χ0v) is 10.2. The molecule has 100 valence electrons. The van der Waals surface area contributed by atoms with Crippen molar-refractivity contribution in [3.8, 4) is 0 Å². The SMILES string of the molecule is NCc1cn(CC(=O)N[C@@H]2CCCC[C@H]2O)nn1. The van der Waals surface area contributed by atoms with Gasteiger partial charge in [-0.3, -0.25) is 4.79 Å². The number of hydrogen-bond donors (Lipinski definition) is 3. The molecule has 0 spiro atoms. The fourth-order valence-electron chi connectivity index (χ4n) is 2.19. The summed E-state index contributed by atoms with van der Waals surface area (Å²) in [6.07, 6.45) is 4.87. The molecule has 0 aromatic carbocycles. The summed E-state index contributed by atoms with van der Waals surface area (Å²) in [4.78, 5) is 11.8. The van der Waals surface area contributed by atoms with Crippen LogP contribution >= 0.6 is 0 Å². The van der Waals surface area contributed by atoms with E-state index in [1.54, 1.807) is 6.20 Å². The van der Waals surface area contributed by atoms with Crippen molar-refractivity contribution in [2.75, 3.05) is 0 Å². The monoisotopic (exact) mass is 253 g/mol. The summed E-state index contributed by atoms with van der Waals surface area (Å²) < 4.78 is 1.45. The molecule has 1 aliphatic rings. The molecule has 1 aliphatic carbocycles. The first-order chi connectivity index (χ1) is 8.69. The van der Waals surface area contributed by atoms with E-state index in [4.69, 9.17) is 5.73 Å². The van der Waals surface area contributed by atoms with Gasteiger partial charge in [-0.15, -0.1) is 5.10 Å². The lowest BCUT2D eigenvalue weighted by Gasteiger charge is -2.28. The maximum absolute atomic E-state index is 11.8. The van der Waals surface area contributed by atoms with Gasteiger partial charge in [-0.2, -0.15) is 0 Å². The number of rotatable bonds is 4. The first kappa shape index (κ1) is 13.0. The van der Waals surface area contributed by atoms with E-state index in [9.17, 15) is 9.90 Å². The summed E-state index contributed by atoms with van der Waals surface area (Å²) >= 11 is 0. The Morgan fingerprint density at radius 3 is 3.00 bits per heavy atom. The Balaban J connectivity index is 1.84. The van der Waals surface area contributed by atoms with Crippen LogP contribution in [0, 0.1) is 0 Å². The molecule has 1 aromatic rings. The molecule has 0 unspecified atom stereocenters. The van der Waals surface area contributed by atoms with Gasteiger partial charge in [-0.25, -0.2) is 4.68 Å². The maximum Gasteiger partial charge on any atom is 0.242 e. The molecule has 2 atom stereocenters. The highest BCUT2D eigenvalue weighted by Gasteiger charge is 2.24. The second-order valence-electron chi connectivity index (χ2n) is 4.64. The number of nitrogens with zero attached hydrogens (tertiary/aromatic N) is 3. The van der Waals surface area contributed by atoms with Crippen LogP contribution in [0.1, 0.15) is 31.4 Å². The van der Waals surface area contributed by atoms with Gasteiger partial charge in [-0.05, 0) is 12.8 Å². The third-order valence-corrected chi connectivity index (χ3v) is 3.18. The van der Waals surface area contributed by atoms with Crippen molar-refractivity contribution in [3.63, 3.8) is 0 Å². The molecule has 0 saturated heterocycles. The third kappa shape index (κ3) is 3.27. The Labute approximate surface area is 105 Å². The second kappa shape index (κ2) is 5.92. The lowest BCUT2D eigenvalue weighted by atomic mass is 9.92. The molecule has 1 aromatic heterocycles. The Kier molecular flexibility index (Phi) is 4.27. The first-order valence-electron chi connectivity index (χ1n) is 6.25. The highest BCUT2D eigenvalue weighted by molar-refractivity contribution is 5.76. The Hall–Kier alpha value is -1.47. The van der Waals surface area contributed by atoms with Crippen molar-refractivity contribution in [1.29, 1.82) is 0 Å². The van der Waals surface area contributed by atoms with E-state index in [-0.39, 0.29) is 18.5 Å². The average Bonchev–Trinajstić information content (AvgIpc) is 2.80. The summed E-state index contributed by atoms with van der Waals surface area (Å²) in [5, 5.41) is 20.2.